The van der Waals surface area contributed by atoms with Gasteiger partial charge >= 0.3 is 0 Å². The summed E-state index contributed by atoms with van der Waals surface area (Å²) in [6, 6.07) is 4.99. The van der Waals surface area contributed by atoms with Crippen LogP contribution in [0.1, 0.15) is 26.7 Å². The van der Waals surface area contributed by atoms with Crippen LogP contribution in [0, 0.1) is 5.82 Å². The number of carbonyl (C=O) groups is 1. The Bertz CT molecular complexity index is 671. The van der Waals surface area contributed by atoms with Gasteiger partial charge in [0.25, 0.3) is 0 Å². The molecule has 0 bridgehead atoms. The van der Waals surface area contributed by atoms with Crippen LogP contribution in [0.15, 0.2) is 29.2 Å². The molecule has 140 valence electrons. The lowest BCUT2D eigenvalue weighted by Crippen LogP contribution is -2.51. The molecule has 1 aromatic rings. The first-order chi connectivity index (χ1) is 11.8. The topological polar surface area (TPSA) is 69.7 Å². The molecule has 1 fully saturated rings. The Morgan fingerprint density at radius 2 is 1.80 bits per heavy atom. The average molecular weight is 371 g/mol. The van der Waals surface area contributed by atoms with E-state index in [0.29, 0.717) is 26.2 Å². The van der Waals surface area contributed by atoms with Crippen LogP contribution in [0.3, 0.4) is 0 Å². The van der Waals surface area contributed by atoms with Crippen molar-refractivity contribution in [3.05, 3.63) is 30.1 Å². The van der Waals surface area contributed by atoms with Crippen molar-refractivity contribution in [3.8, 4) is 0 Å². The molecule has 1 heterocycles. The molecule has 0 spiro atoms. The number of carbonyl (C=O) groups excluding carboxylic acids is 1. The van der Waals surface area contributed by atoms with Gasteiger partial charge in [0.15, 0.2) is 0 Å². The standard InChI is InChI=1S/C17H26FN3O3S/c1-3-4-14(2)19-17(22)13-20-9-11-21(12-10-20)25(23,24)16-7-5-15(18)6-8-16/h5-8,14H,3-4,9-13H2,1-2H3,(H,19,22). The van der Waals surface area contributed by atoms with Crippen molar-refractivity contribution < 1.29 is 17.6 Å². The Labute approximate surface area is 149 Å². The van der Waals surface area contributed by atoms with Crippen molar-refractivity contribution in [2.75, 3.05) is 32.7 Å². The Kier molecular flexibility index (Phi) is 6.92. The van der Waals surface area contributed by atoms with Crippen LogP contribution in [-0.2, 0) is 14.8 Å². The highest BCUT2D eigenvalue weighted by Crippen LogP contribution is 2.18. The van der Waals surface area contributed by atoms with Gasteiger partial charge in [0.2, 0.25) is 15.9 Å². The molecule has 1 saturated heterocycles. The third kappa shape index (κ3) is 5.49. The van der Waals surface area contributed by atoms with Gasteiger partial charge in [-0.1, -0.05) is 13.3 Å². The number of amides is 1. The average Bonchev–Trinajstić information content (AvgIpc) is 2.55. The smallest absolute Gasteiger partial charge is 0.243 e. The molecule has 0 saturated carbocycles. The van der Waals surface area contributed by atoms with Gasteiger partial charge < -0.3 is 5.32 Å². The van der Waals surface area contributed by atoms with E-state index in [1.54, 1.807) is 0 Å². The number of hydrogen-bond donors (Lipinski definition) is 1. The van der Waals surface area contributed by atoms with E-state index in [4.69, 9.17) is 0 Å². The van der Waals surface area contributed by atoms with Gasteiger partial charge in [0.1, 0.15) is 5.82 Å². The number of sulfonamides is 1. The Morgan fingerprint density at radius 1 is 1.20 bits per heavy atom. The summed E-state index contributed by atoms with van der Waals surface area (Å²) in [6.45, 7) is 5.96. The molecule has 0 aromatic heterocycles. The van der Waals surface area contributed by atoms with E-state index in [0.717, 1.165) is 25.0 Å². The molecule has 1 amide bonds. The molecule has 0 aliphatic carbocycles. The summed E-state index contributed by atoms with van der Waals surface area (Å²) in [4.78, 5) is 14.0. The Morgan fingerprint density at radius 3 is 2.36 bits per heavy atom. The van der Waals surface area contributed by atoms with E-state index in [9.17, 15) is 17.6 Å². The molecule has 1 aromatic carbocycles. The minimum absolute atomic E-state index is 0.0317. The maximum absolute atomic E-state index is 13.0. The minimum Gasteiger partial charge on any atom is -0.353 e. The van der Waals surface area contributed by atoms with Crippen LogP contribution in [0.25, 0.3) is 0 Å². The maximum atomic E-state index is 13.0. The number of nitrogens with zero attached hydrogens (tertiary/aromatic N) is 2. The van der Waals surface area contributed by atoms with Gasteiger partial charge in [0, 0.05) is 32.2 Å². The summed E-state index contributed by atoms with van der Waals surface area (Å²) in [5.74, 6) is -0.497. The lowest BCUT2D eigenvalue weighted by Gasteiger charge is -2.33. The number of nitrogens with one attached hydrogen (secondary N) is 1. The second kappa shape index (κ2) is 8.73. The first kappa shape index (κ1) is 19.8. The number of halogens is 1. The van der Waals surface area contributed by atoms with Gasteiger partial charge in [-0.15, -0.1) is 0 Å². The monoisotopic (exact) mass is 371 g/mol. The van der Waals surface area contributed by atoms with Crippen molar-refractivity contribution in [2.24, 2.45) is 0 Å². The van der Waals surface area contributed by atoms with Crippen LogP contribution in [-0.4, -0.2) is 62.3 Å². The molecule has 8 heteroatoms. The molecule has 1 aliphatic rings. The highest BCUT2D eigenvalue weighted by molar-refractivity contribution is 7.89. The molecule has 25 heavy (non-hydrogen) atoms. The van der Waals surface area contributed by atoms with E-state index in [-0.39, 0.29) is 23.4 Å². The van der Waals surface area contributed by atoms with Gasteiger partial charge in [-0.05, 0) is 37.6 Å². The molecule has 1 N–H and O–H groups in total. The second-order valence-electron chi connectivity index (χ2n) is 6.39. The first-order valence-electron chi connectivity index (χ1n) is 8.60. The Hall–Kier alpha value is -1.51. The van der Waals surface area contributed by atoms with Crippen LogP contribution in [0.5, 0.6) is 0 Å². The lowest BCUT2D eigenvalue weighted by atomic mass is 10.2. The highest BCUT2D eigenvalue weighted by atomic mass is 32.2. The van der Waals surface area contributed by atoms with E-state index < -0.39 is 15.8 Å². The highest BCUT2D eigenvalue weighted by Gasteiger charge is 2.29. The third-order valence-electron chi connectivity index (χ3n) is 4.28. The zero-order valence-electron chi connectivity index (χ0n) is 14.7. The second-order valence-corrected chi connectivity index (χ2v) is 8.33. The summed E-state index contributed by atoms with van der Waals surface area (Å²) in [7, 11) is -3.62. The van der Waals surface area contributed by atoms with Crippen molar-refractivity contribution in [1.82, 2.24) is 14.5 Å². The SMILES string of the molecule is CCCC(C)NC(=O)CN1CCN(S(=O)(=O)c2ccc(F)cc2)CC1. The van der Waals surface area contributed by atoms with Crippen LogP contribution in [0.4, 0.5) is 4.39 Å². The largest absolute Gasteiger partial charge is 0.353 e. The molecular weight excluding hydrogens is 345 g/mol. The normalized spacial score (nSPS) is 18.0. The number of hydrogen-bond acceptors (Lipinski definition) is 4. The zero-order valence-corrected chi connectivity index (χ0v) is 15.6. The quantitative estimate of drug-likeness (QED) is 0.787. The summed E-state index contributed by atoms with van der Waals surface area (Å²) in [5, 5.41) is 2.95. The fraction of sp³-hybridized carbons (Fsp3) is 0.588. The molecule has 1 unspecified atom stereocenters. The molecule has 1 aliphatic heterocycles. The molecular formula is C17H26FN3O3S. The van der Waals surface area contributed by atoms with Gasteiger partial charge in [0.05, 0.1) is 11.4 Å². The molecule has 6 nitrogen and oxygen atoms in total. The summed E-state index contributed by atoms with van der Waals surface area (Å²) < 4.78 is 39.5. The molecule has 0 radical (unpaired) electrons. The van der Waals surface area contributed by atoms with Crippen molar-refractivity contribution in [1.29, 1.82) is 0 Å². The van der Waals surface area contributed by atoms with E-state index >= 15 is 0 Å². The van der Waals surface area contributed by atoms with E-state index in [1.807, 2.05) is 11.8 Å². The fourth-order valence-electron chi connectivity index (χ4n) is 2.91. The summed E-state index contributed by atoms with van der Waals surface area (Å²) >= 11 is 0. The fourth-order valence-corrected chi connectivity index (χ4v) is 4.33. The van der Waals surface area contributed by atoms with Gasteiger partial charge in [-0.25, -0.2) is 12.8 Å². The van der Waals surface area contributed by atoms with E-state index in [1.165, 1.54) is 16.4 Å². The number of piperazine rings is 1. The first-order valence-corrected chi connectivity index (χ1v) is 10.0. The Balaban J connectivity index is 1.86. The number of rotatable bonds is 7. The number of benzene rings is 1. The predicted molar refractivity (Wildman–Crippen MR) is 94.1 cm³/mol. The predicted octanol–water partition coefficient (Wildman–Crippen LogP) is 1.44. The van der Waals surface area contributed by atoms with Crippen molar-refractivity contribution in [3.63, 3.8) is 0 Å². The van der Waals surface area contributed by atoms with Crippen molar-refractivity contribution >= 4 is 15.9 Å². The minimum atomic E-state index is -3.62. The van der Waals surface area contributed by atoms with Crippen LogP contribution < -0.4 is 5.32 Å². The van der Waals surface area contributed by atoms with E-state index in [2.05, 4.69) is 12.2 Å². The van der Waals surface area contributed by atoms with Crippen molar-refractivity contribution in [2.45, 2.75) is 37.6 Å². The zero-order chi connectivity index (χ0) is 18.4. The maximum Gasteiger partial charge on any atom is 0.243 e. The van der Waals surface area contributed by atoms with Gasteiger partial charge in [-0.2, -0.15) is 4.31 Å². The summed E-state index contributed by atoms with van der Waals surface area (Å²) in [5.41, 5.74) is 0. The van der Waals surface area contributed by atoms with Gasteiger partial charge in [-0.3, -0.25) is 9.69 Å². The van der Waals surface area contributed by atoms with Crippen LogP contribution in [0.2, 0.25) is 0 Å². The summed E-state index contributed by atoms with van der Waals surface area (Å²) in [6.07, 6.45) is 1.96. The van der Waals surface area contributed by atoms with Crippen LogP contribution >= 0.6 is 0 Å². The third-order valence-corrected chi connectivity index (χ3v) is 6.19. The molecule has 2 rings (SSSR count). The molecule has 1 atom stereocenters. The lowest BCUT2D eigenvalue weighted by molar-refractivity contribution is -0.123.